The molecule has 1 aliphatic carbocycles. The number of hydrogen-bond donors (Lipinski definition) is 0. The van der Waals surface area contributed by atoms with Crippen molar-refractivity contribution in [2.45, 2.75) is 18.8 Å². The van der Waals surface area contributed by atoms with Crippen LogP contribution in [0.2, 0.25) is 0 Å². The molecule has 1 saturated carbocycles. The maximum atomic E-state index is 12.1. The van der Waals surface area contributed by atoms with Crippen LogP contribution in [0.5, 0.6) is 0 Å². The van der Waals surface area contributed by atoms with Gasteiger partial charge in [-0.25, -0.2) is 17.2 Å². The quantitative estimate of drug-likeness (QED) is 0.641. The van der Waals surface area contributed by atoms with E-state index in [2.05, 4.69) is 0 Å². The molecule has 0 saturated heterocycles. The van der Waals surface area contributed by atoms with Crippen LogP contribution in [-0.2, 0) is 9.05 Å². The van der Waals surface area contributed by atoms with Crippen LogP contribution in [0.25, 0.3) is 0 Å². The van der Waals surface area contributed by atoms with E-state index in [1.54, 1.807) is 0 Å². The molecule has 6 heteroatoms. The molecule has 1 rings (SSSR count). The van der Waals surface area contributed by atoms with Crippen LogP contribution in [0.1, 0.15) is 12.8 Å². The fourth-order valence-corrected chi connectivity index (χ4v) is 2.52. The molecular formula is C5H7ClF2O2S. The summed E-state index contributed by atoms with van der Waals surface area (Å²) in [5.74, 6) is -3.44. The van der Waals surface area contributed by atoms with Crippen LogP contribution in [0.3, 0.4) is 0 Å². The van der Waals surface area contributed by atoms with Gasteiger partial charge in [-0.15, -0.1) is 0 Å². The van der Waals surface area contributed by atoms with Gasteiger partial charge in [0, 0.05) is 23.5 Å². The van der Waals surface area contributed by atoms with Gasteiger partial charge in [-0.1, -0.05) is 0 Å². The molecule has 0 N–H and O–H groups in total. The van der Waals surface area contributed by atoms with E-state index in [9.17, 15) is 17.2 Å². The van der Waals surface area contributed by atoms with E-state index in [0.29, 0.717) is 0 Å². The van der Waals surface area contributed by atoms with E-state index in [4.69, 9.17) is 10.7 Å². The van der Waals surface area contributed by atoms with Gasteiger partial charge in [0.2, 0.25) is 15.0 Å². The molecule has 1 aliphatic rings. The van der Waals surface area contributed by atoms with Crippen molar-refractivity contribution < 1.29 is 17.2 Å². The Bertz CT molecular complexity index is 241. The Hall–Kier alpha value is 0.1000. The van der Waals surface area contributed by atoms with E-state index in [1.807, 2.05) is 0 Å². The number of halogens is 3. The maximum absolute atomic E-state index is 12.1. The Morgan fingerprint density at radius 2 is 1.91 bits per heavy atom. The summed E-state index contributed by atoms with van der Waals surface area (Å²) in [5, 5.41) is 0. The van der Waals surface area contributed by atoms with E-state index >= 15 is 0 Å². The molecule has 0 aliphatic heterocycles. The first-order chi connectivity index (χ1) is 4.79. The van der Waals surface area contributed by atoms with Gasteiger partial charge in [0.15, 0.2) is 0 Å². The van der Waals surface area contributed by atoms with Gasteiger partial charge in [-0.2, -0.15) is 0 Å². The van der Waals surface area contributed by atoms with Crippen LogP contribution in [-0.4, -0.2) is 20.1 Å². The summed E-state index contributed by atoms with van der Waals surface area (Å²) in [7, 11) is 1.27. The van der Waals surface area contributed by atoms with Gasteiger partial charge in [0.05, 0.1) is 5.75 Å². The summed E-state index contributed by atoms with van der Waals surface area (Å²) >= 11 is 0. The minimum atomic E-state index is -3.60. The van der Waals surface area contributed by atoms with Crippen molar-refractivity contribution in [1.29, 1.82) is 0 Å². The molecule has 0 aromatic carbocycles. The van der Waals surface area contributed by atoms with Crippen molar-refractivity contribution in [3.05, 3.63) is 0 Å². The van der Waals surface area contributed by atoms with Crippen LogP contribution in [0.4, 0.5) is 8.78 Å². The van der Waals surface area contributed by atoms with Crippen LogP contribution < -0.4 is 0 Å². The zero-order chi connectivity index (χ0) is 8.70. The van der Waals surface area contributed by atoms with E-state index in [-0.39, 0.29) is 18.6 Å². The predicted molar refractivity (Wildman–Crippen MR) is 37.3 cm³/mol. The van der Waals surface area contributed by atoms with Gasteiger partial charge in [0.25, 0.3) is 0 Å². The number of rotatable bonds is 2. The first kappa shape index (κ1) is 9.19. The highest BCUT2D eigenvalue weighted by atomic mass is 35.7. The van der Waals surface area contributed by atoms with E-state index in [1.165, 1.54) is 0 Å². The first-order valence-electron chi connectivity index (χ1n) is 3.09. The Balaban J connectivity index is 2.36. The SMILES string of the molecule is O=S(=O)(Cl)CC1CC(F)(F)C1. The third-order valence-corrected chi connectivity index (χ3v) is 2.86. The Labute approximate surface area is 68.0 Å². The monoisotopic (exact) mass is 204 g/mol. The molecule has 66 valence electrons. The largest absolute Gasteiger partial charge is 0.248 e. The highest BCUT2D eigenvalue weighted by molar-refractivity contribution is 8.13. The van der Waals surface area contributed by atoms with Gasteiger partial charge in [-0.3, -0.25) is 0 Å². The summed E-state index contributed by atoms with van der Waals surface area (Å²) in [6, 6.07) is 0. The summed E-state index contributed by atoms with van der Waals surface area (Å²) in [6.45, 7) is 0. The molecule has 1 fully saturated rings. The smallest absolute Gasteiger partial charge is 0.212 e. The van der Waals surface area contributed by atoms with E-state index < -0.39 is 20.9 Å². The first-order valence-corrected chi connectivity index (χ1v) is 5.56. The Morgan fingerprint density at radius 3 is 2.18 bits per heavy atom. The lowest BCUT2D eigenvalue weighted by molar-refractivity contribution is -0.103. The number of hydrogen-bond acceptors (Lipinski definition) is 2. The van der Waals surface area contributed by atoms with Gasteiger partial charge < -0.3 is 0 Å². The summed E-state index contributed by atoms with van der Waals surface area (Å²) in [6.07, 6.45) is -0.697. The Morgan fingerprint density at radius 1 is 1.45 bits per heavy atom. The standard InChI is InChI=1S/C5H7ClF2O2S/c6-11(9,10)3-4-1-5(7,8)2-4/h4H,1-3H2. The third kappa shape index (κ3) is 2.91. The maximum Gasteiger partial charge on any atom is 0.248 e. The highest BCUT2D eigenvalue weighted by Gasteiger charge is 2.46. The lowest BCUT2D eigenvalue weighted by atomic mass is 9.83. The summed E-state index contributed by atoms with van der Waals surface area (Å²) < 4.78 is 45.0. The average Bonchev–Trinajstić information content (AvgIpc) is 1.53. The zero-order valence-electron chi connectivity index (χ0n) is 5.56. The second-order valence-electron chi connectivity index (χ2n) is 2.84. The predicted octanol–water partition coefficient (Wildman–Crippen LogP) is 1.60. The molecule has 0 spiro atoms. The molecule has 11 heavy (non-hydrogen) atoms. The topological polar surface area (TPSA) is 34.1 Å². The number of alkyl halides is 2. The van der Waals surface area contributed by atoms with Crippen molar-refractivity contribution >= 4 is 19.7 Å². The fourth-order valence-electron chi connectivity index (χ4n) is 1.18. The summed E-state index contributed by atoms with van der Waals surface area (Å²) in [5.41, 5.74) is 0. The van der Waals surface area contributed by atoms with Gasteiger partial charge >= 0.3 is 0 Å². The van der Waals surface area contributed by atoms with Crippen molar-refractivity contribution in [1.82, 2.24) is 0 Å². The molecule has 0 heterocycles. The molecule has 0 radical (unpaired) electrons. The lowest BCUT2D eigenvalue weighted by Gasteiger charge is -2.33. The van der Waals surface area contributed by atoms with E-state index in [0.717, 1.165) is 0 Å². The fraction of sp³-hybridized carbons (Fsp3) is 1.00. The molecule has 0 aromatic heterocycles. The molecule has 0 unspecified atom stereocenters. The van der Waals surface area contributed by atoms with Crippen molar-refractivity contribution in [2.75, 3.05) is 5.75 Å². The molecular weight excluding hydrogens is 198 g/mol. The zero-order valence-corrected chi connectivity index (χ0v) is 7.13. The van der Waals surface area contributed by atoms with Crippen molar-refractivity contribution in [3.63, 3.8) is 0 Å². The van der Waals surface area contributed by atoms with Gasteiger partial charge in [-0.05, 0) is 5.92 Å². The summed E-state index contributed by atoms with van der Waals surface area (Å²) in [4.78, 5) is 0. The average molecular weight is 205 g/mol. The van der Waals surface area contributed by atoms with Crippen LogP contribution >= 0.6 is 10.7 Å². The molecule has 0 bridgehead atoms. The highest BCUT2D eigenvalue weighted by Crippen LogP contribution is 2.43. The lowest BCUT2D eigenvalue weighted by Crippen LogP contribution is -2.38. The Kier molecular flexibility index (Phi) is 2.13. The minimum Gasteiger partial charge on any atom is -0.212 e. The second kappa shape index (κ2) is 2.55. The van der Waals surface area contributed by atoms with Gasteiger partial charge in [0.1, 0.15) is 0 Å². The normalized spacial score (nSPS) is 24.6. The molecule has 2 nitrogen and oxygen atoms in total. The molecule has 0 amide bonds. The van der Waals surface area contributed by atoms with Crippen LogP contribution in [0, 0.1) is 5.92 Å². The second-order valence-corrected chi connectivity index (χ2v) is 5.66. The van der Waals surface area contributed by atoms with Crippen molar-refractivity contribution in [3.8, 4) is 0 Å². The van der Waals surface area contributed by atoms with Crippen LogP contribution in [0.15, 0.2) is 0 Å². The van der Waals surface area contributed by atoms with Crippen molar-refractivity contribution in [2.24, 2.45) is 5.92 Å². The molecule has 0 aromatic rings. The minimum absolute atomic E-state index is 0.329. The molecule has 0 atom stereocenters. The third-order valence-electron chi connectivity index (χ3n) is 1.61.